The highest BCUT2D eigenvalue weighted by Crippen LogP contribution is 2.50. The Kier molecular flexibility index (Phi) is 1.44. The van der Waals surface area contributed by atoms with E-state index in [1.54, 1.807) is 0 Å². The molecule has 0 bridgehead atoms. The lowest BCUT2D eigenvalue weighted by atomic mass is 9.95. The van der Waals surface area contributed by atoms with Crippen LogP contribution in [0.25, 0.3) is 0 Å². The third kappa shape index (κ3) is 0.977. The summed E-state index contributed by atoms with van der Waals surface area (Å²) >= 11 is 0. The molecule has 1 aliphatic heterocycles. The Bertz CT molecular complexity index is 224. The standard InChI is InChI=1S/C10H15NO/c1-2-4-8-6-11-12-10(8)9-5-7(9)3-1/h6-7,9-11H,1-5H2. The van der Waals surface area contributed by atoms with E-state index >= 15 is 0 Å². The Morgan fingerprint density at radius 1 is 1.42 bits per heavy atom. The first-order valence-electron chi connectivity index (χ1n) is 5.05. The number of hydrogen-bond acceptors (Lipinski definition) is 2. The molecule has 1 N–H and O–H groups in total. The summed E-state index contributed by atoms with van der Waals surface area (Å²) in [6.45, 7) is 0. The van der Waals surface area contributed by atoms with Crippen LogP contribution in [0.15, 0.2) is 11.8 Å². The molecule has 3 rings (SSSR count). The van der Waals surface area contributed by atoms with Crippen molar-refractivity contribution in [3.8, 4) is 0 Å². The largest absolute Gasteiger partial charge is 0.274 e. The molecule has 3 unspecified atom stereocenters. The van der Waals surface area contributed by atoms with Gasteiger partial charge in [0, 0.05) is 6.20 Å². The summed E-state index contributed by atoms with van der Waals surface area (Å²) < 4.78 is 0. The Hall–Kier alpha value is -0.500. The van der Waals surface area contributed by atoms with Crippen LogP contribution in [0.4, 0.5) is 0 Å². The van der Waals surface area contributed by atoms with E-state index in [0.29, 0.717) is 6.10 Å². The summed E-state index contributed by atoms with van der Waals surface area (Å²) in [6, 6.07) is 0. The fourth-order valence-electron chi connectivity index (χ4n) is 2.63. The molecule has 0 radical (unpaired) electrons. The van der Waals surface area contributed by atoms with Crippen molar-refractivity contribution in [1.82, 2.24) is 5.48 Å². The van der Waals surface area contributed by atoms with E-state index in [1.165, 1.54) is 37.7 Å². The van der Waals surface area contributed by atoms with Crippen LogP contribution >= 0.6 is 0 Å². The van der Waals surface area contributed by atoms with Gasteiger partial charge >= 0.3 is 0 Å². The van der Waals surface area contributed by atoms with Crippen molar-refractivity contribution in [3.05, 3.63) is 11.8 Å². The maximum Gasteiger partial charge on any atom is 0.111 e. The average molecular weight is 165 g/mol. The predicted octanol–water partition coefficient (Wildman–Crippen LogP) is 1.98. The van der Waals surface area contributed by atoms with E-state index in [0.717, 1.165) is 11.8 Å². The molecule has 2 nitrogen and oxygen atoms in total. The second kappa shape index (κ2) is 2.49. The Morgan fingerprint density at radius 2 is 2.42 bits per heavy atom. The number of hydrogen-bond donors (Lipinski definition) is 1. The van der Waals surface area contributed by atoms with Crippen LogP contribution in [0.3, 0.4) is 0 Å². The minimum Gasteiger partial charge on any atom is -0.274 e. The zero-order valence-electron chi connectivity index (χ0n) is 7.25. The number of nitrogens with one attached hydrogen (secondary N) is 1. The number of rotatable bonds is 0. The van der Waals surface area contributed by atoms with Crippen LogP contribution in [0.1, 0.15) is 32.1 Å². The molecule has 12 heavy (non-hydrogen) atoms. The SMILES string of the molecule is C1=C2CCCCC3CC3C2ON1. The summed E-state index contributed by atoms with van der Waals surface area (Å²) in [6.07, 6.45) is 9.39. The quantitative estimate of drug-likeness (QED) is 0.592. The van der Waals surface area contributed by atoms with Crippen LogP contribution in [0.2, 0.25) is 0 Å². The number of fused-ring (bicyclic) bond motifs is 3. The number of hydroxylamine groups is 1. The van der Waals surface area contributed by atoms with Gasteiger partial charge in [0.25, 0.3) is 0 Å². The summed E-state index contributed by atoms with van der Waals surface area (Å²) in [5.41, 5.74) is 4.43. The second-order valence-electron chi connectivity index (χ2n) is 4.28. The van der Waals surface area contributed by atoms with Gasteiger partial charge in [-0.05, 0) is 36.7 Å². The first-order chi connectivity index (χ1) is 5.95. The van der Waals surface area contributed by atoms with E-state index in [1.807, 2.05) is 0 Å². The highest BCUT2D eigenvalue weighted by atomic mass is 16.7. The van der Waals surface area contributed by atoms with Gasteiger partial charge in [-0.25, -0.2) is 0 Å². The maximum absolute atomic E-state index is 5.50. The van der Waals surface area contributed by atoms with Crippen LogP contribution in [-0.4, -0.2) is 6.10 Å². The normalized spacial score (nSPS) is 44.7. The van der Waals surface area contributed by atoms with Gasteiger partial charge in [0.05, 0.1) is 0 Å². The molecule has 0 aromatic carbocycles. The Balaban J connectivity index is 1.80. The first-order valence-corrected chi connectivity index (χ1v) is 5.05. The summed E-state index contributed by atoms with van der Waals surface area (Å²) in [7, 11) is 0. The second-order valence-corrected chi connectivity index (χ2v) is 4.28. The van der Waals surface area contributed by atoms with E-state index in [4.69, 9.17) is 4.84 Å². The zero-order valence-corrected chi connectivity index (χ0v) is 7.25. The average Bonchev–Trinajstić information content (AvgIpc) is 2.64. The summed E-state index contributed by atoms with van der Waals surface area (Å²) in [5, 5.41) is 0. The fraction of sp³-hybridized carbons (Fsp3) is 0.800. The van der Waals surface area contributed by atoms with Crippen molar-refractivity contribution >= 4 is 0 Å². The van der Waals surface area contributed by atoms with Crippen molar-refractivity contribution in [1.29, 1.82) is 0 Å². The van der Waals surface area contributed by atoms with Gasteiger partial charge in [-0.3, -0.25) is 10.3 Å². The van der Waals surface area contributed by atoms with Gasteiger partial charge in [-0.2, -0.15) is 0 Å². The van der Waals surface area contributed by atoms with E-state index in [9.17, 15) is 0 Å². The topological polar surface area (TPSA) is 21.3 Å². The Morgan fingerprint density at radius 3 is 3.42 bits per heavy atom. The molecule has 0 aromatic heterocycles. The van der Waals surface area contributed by atoms with Crippen molar-refractivity contribution in [3.63, 3.8) is 0 Å². The van der Waals surface area contributed by atoms with Gasteiger partial charge in [-0.15, -0.1) is 0 Å². The molecule has 0 amide bonds. The minimum atomic E-state index is 0.440. The summed E-state index contributed by atoms with van der Waals surface area (Å²) in [4.78, 5) is 5.50. The first kappa shape index (κ1) is 6.96. The molecule has 0 spiro atoms. The highest BCUT2D eigenvalue weighted by Gasteiger charge is 2.46. The fourth-order valence-corrected chi connectivity index (χ4v) is 2.63. The molecule has 3 aliphatic rings. The van der Waals surface area contributed by atoms with Gasteiger partial charge in [0.2, 0.25) is 0 Å². The van der Waals surface area contributed by atoms with Gasteiger partial charge in [0.1, 0.15) is 6.10 Å². The highest BCUT2D eigenvalue weighted by molar-refractivity contribution is 5.17. The molecular formula is C10H15NO. The van der Waals surface area contributed by atoms with Crippen molar-refractivity contribution in [2.24, 2.45) is 11.8 Å². The van der Waals surface area contributed by atoms with Crippen LogP contribution in [0.5, 0.6) is 0 Å². The molecule has 0 saturated heterocycles. The molecule has 2 fully saturated rings. The molecule has 2 aliphatic carbocycles. The lowest BCUT2D eigenvalue weighted by Crippen LogP contribution is -2.18. The third-order valence-electron chi connectivity index (χ3n) is 3.46. The zero-order chi connectivity index (χ0) is 7.97. The molecule has 66 valence electrons. The predicted molar refractivity (Wildman–Crippen MR) is 46.2 cm³/mol. The lowest BCUT2D eigenvalue weighted by Gasteiger charge is -2.15. The van der Waals surface area contributed by atoms with E-state index in [-0.39, 0.29) is 0 Å². The molecule has 0 aromatic rings. The third-order valence-corrected chi connectivity index (χ3v) is 3.46. The van der Waals surface area contributed by atoms with Crippen LogP contribution < -0.4 is 5.48 Å². The molecule has 2 saturated carbocycles. The van der Waals surface area contributed by atoms with Gasteiger partial charge < -0.3 is 0 Å². The maximum atomic E-state index is 5.50. The van der Waals surface area contributed by atoms with Crippen LogP contribution in [-0.2, 0) is 4.84 Å². The van der Waals surface area contributed by atoms with Crippen molar-refractivity contribution in [2.45, 2.75) is 38.2 Å². The smallest absolute Gasteiger partial charge is 0.111 e. The van der Waals surface area contributed by atoms with Crippen LogP contribution in [0, 0.1) is 11.8 Å². The summed E-state index contributed by atoms with van der Waals surface area (Å²) in [5.74, 6) is 1.84. The minimum absolute atomic E-state index is 0.440. The Labute approximate surface area is 72.9 Å². The van der Waals surface area contributed by atoms with Crippen molar-refractivity contribution in [2.75, 3.05) is 0 Å². The van der Waals surface area contributed by atoms with E-state index in [2.05, 4.69) is 11.7 Å². The molecule has 1 heterocycles. The molecular weight excluding hydrogens is 150 g/mol. The van der Waals surface area contributed by atoms with Gasteiger partial charge in [0.15, 0.2) is 0 Å². The van der Waals surface area contributed by atoms with Crippen molar-refractivity contribution < 1.29 is 4.84 Å². The van der Waals surface area contributed by atoms with Gasteiger partial charge in [-0.1, -0.05) is 12.8 Å². The molecule has 2 heteroatoms. The molecule has 3 atom stereocenters. The van der Waals surface area contributed by atoms with E-state index < -0.39 is 0 Å². The lowest BCUT2D eigenvalue weighted by molar-refractivity contribution is 0.0251. The monoisotopic (exact) mass is 165 g/mol.